The number of carbonyl (C=O) groups is 1. The molecule has 2 rings (SSSR count). The molecule has 0 aliphatic rings. The van der Waals surface area contributed by atoms with E-state index in [2.05, 4.69) is 20.9 Å². The maximum atomic E-state index is 11.2. The second-order valence-corrected chi connectivity index (χ2v) is 6.04. The first-order valence-corrected chi connectivity index (χ1v) is 7.32. The van der Waals surface area contributed by atoms with Crippen LogP contribution < -0.4 is 0 Å². The van der Waals surface area contributed by atoms with Crippen molar-refractivity contribution < 1.29 is 14.8 Å². The quantitative estimate of drug-likeness (QED) is 0.649. The molecule has 1 aromatic carbocycles. The molecule has 108 valence electrons. The summed E-state index contributed by atoms with van der Waals surface area (Å²) >= 11 is 4.43. The van der Waals surface area contributed by atoms with Gasteiger partial charge in [-0.15, -0.1) is 0 Å². The molecule has 0 aliphatic heterocycles. The smallest absolute Gasteiger partial charge is 0.336 e. The lowest BCUT2D eigenvalue weighted by molar-refractivity contribution is -0.385. The number of aromatic nitrogens is 1. The summed E-state index contributed by atoms with van der Waals surface area (Å²) in [6, 6.07) is 7.67. The summed E-state index contributed by atoms with van der Waals surface area (Å²) < 4.78 is 0.744. The van der Waals surface area contributed by atoms with E-state index < -0.39 is 10.9 Å². The number of carboxylic acids is 1. The fraction of sp³-hybridized carbons (Fsp3) is 0.0769. The second kappa shape index (κ2) is 6.23. The molecule has 21 heavy (non-hydrogen) atoms. The van der Waals surface area contributed by atoms with Crippen LogP contribution in [0.1, 0.15) is 16.1 Å². The molecule has 6 nitrogen and oxygen atoms in total. The van der Waals surface area contributed by atoms with Crippen molar-refractivity contribution in [2.45, 2.75) is 16.8 Å². The molecular weight excluding hydrogens is 360 g/mol. The lowest BCUT2D eigenvalue weighted by atomic mass is 10.2. The van der Waals surface area contributed by atoms with E-state index in [0.717, 1.165) is 16.2 Å². The van der Waals surface area contributed by atoms with Gasteiger partial charge in [0.15, 0.2) is 0 Å². The average Bonchev–Trinajstić information content (AvgIpc) is 2.37. The van der Waals surface area contributed by atoms with Crippen LogP contribution in [0.5, 0.6) is 0 Å². The number of halogens is 1. The molecule has 0 bridgehead atoms. The molecule has 2 aromatic rings. The van der Waals surface area contributed by atoms with Gasteiger partial charge in [-0.3, -0.25) is 10.1 Å². The number of rotatable bonds is 4. The Morgan fingerprint density at radius 2 is 2.10 bits per heavy atom. The number of aromatic carboxylic acids is 1. The Morgan fingerprint density at radius 3 is 2.67 bits per heavy atom. The van der Waals surface area contributed by atoms with Gasteiger partial charge in [0.1, 0.15) is 10.7 Å². The van der Waals surface area contributed by atoms with Crippen LogP contribution in [0.4, 0.5) is 5.69 Å². The number of carboxylic acid groups (broad SMARTS) is 1. The summed E-state index contributed by atoms with van der Waals surface area (Å²) in [5, 5.41) is 20.4. The van der Waals surface area contributed by atoms with E-state index in [0.29, 0.717) is 9.92 Å². The molecule has 1 N–H and O–H groups in total. The average molecular weight is 369 g/mol. The Bertz CT molecular complexity index is 736. The second-order valence-electron chi connectivity index (χ2n) is 4.06. The Balaban J connectivity index is 2.38. The van der Waals surface area contributed by atoms with E-state index in [1.165, 1.54) is 18.2 Å². The first-order chi connectivity index (χ1) is 9.88. The van der Waals surface area contributed by atoms with Gasteiger partial charge in [-0.2, -0.15) is 0 Å². The van der Waals surface area contributed by atoms with Gasteiger partial charge in [0, 0.05) is 15.4 Å². The van der Waals surface area contributed by atoms with E-state index in [-0.39, 0.29) is 16.9 Å². The number of nitro groups is 1. The summed E-state index contributed by atoms with van der Waals surface area (Å²) in [4.78, 5) is 26.1. The van der Waals surface area contributed by atoms with Crippen LogP contribution in [0, 0.1) is 17.0 Å². The van der Waals surface area contributed by atoms with Crippen molar-refractivity contribution in [2.75, 3.05) is 0 Å². The molecule has 0 fully saturated rings. The van der Waals surface area contributed by atoms with Crippen LogP contribution in [0.25, 0.3) is 0 Å². The zero-order valence-corrected chi connectivity index (χ0v) is 13.1. The molecule has 0 atom stereocenters. The third-order valence-electron chi connectivity index (χ3n) is 2.62. The molecule has 0 saturated heterocycles. The number of aryl methyl sites for hydroxylation is 1. The normalized spacial score (nSPS) is 10.4. The summed E-state index contributed by atoms with van der Waals surface area (Å²) in [6.07, 6.45) is 0. The lowest BCUT2D eigenvalue weighted by Crippen LogP contribution is -1.99. The third-order valence-corrected chi connectivity index (χ3v) is 4.11. The third kappa shape index (κ3) is 3.59. The molecule has 0 aliphatic carbocycles. The highest BCUT2D eigenvalue weighted by atomic mass is 79.9. The summed E-state index contributed by atoms with van der Waals surface area (Å²) in [5.41, 5.74) is 0.380. The summed E-state index contributed by atoms with van der Waals surface area (Å²) in [7, 11) is 0. The van der Waals surface area contributed by atoms with Crippen LogP contribution in [-0.2, 0) is 0 Å². The van der Waals surface area contributed by atoms with E-state index >= 15 is 0 Å². The molecule has 0 saturated carbocycles. The zero-order valence-electron chi connectivity index (χ0n) is 10.7. The first kappa shape index (κ1) is 15.5. The number of benzene rings is 1. The van der Waals surface area contributed by atoms with E-state index in [4.69, 9.17) is 5.11 Å². The van der Waals surface area contributed by atoms with Crippen molar-refractivity contribution in [3.05, 3.63) is 56.2 Å². The van der Waals surface area contributed by atoms with Gasteiger partial charge in [0.25, 0.3) is 5.69 Å². The number of hydrogen-bond acceptors (Lipinski definition) is 5. The van der Waals surface area contributed by atoms with Crippen LogP contribution in [0.15, 0.2) is 44.7 Å². The van der Waals surface area contributed by atoms with Crippen LogP contribution >= 0.6 is 27.7 Å². The van der Waals surface area contributed by atoms with Crippen molar-refractivity contribution in [1.82, 2.24) is 4.98 Å². The van der Waals surface area contributed by atoms with Crippen molar-refractivity contribution in [2.24, 2.45) is 0 Å². The van der Waals surface area contributed by atoms with Crippen LogP contribution in [0.2, 0.25) is 0 Å². The minimum atomic E-state index is -1.04. The largest absolute Gasteiger partial charge is 0.478 e. The lowest BCUT2D eigenvalue weighted by Gasteiger charge is -2.06. The van der Waals surface area contributed by atoms with Gasteiger partial charge >= 0.3 is 5.97 Å². The van der Waals surface area contributed by atoms with Gasteiger partial charge < -0.3 is 5.11 Å². The molecule has 0 unspecified atom stereocenters. The molecular formula is C13H9BrN2O4S. The molecule has 0 spiro atoms. The Morgan fingerprint density at radius 1 is 1.38 bits per heavy atom. The Hall–Kier alpha value is -1.93. The van der Waals surface area contributed by atoms with Gasteiger partial charge in [0.05, 0.1) is 10.5 Å². The van der Waals surface area contributed by atoms with Gasteiger partial charge in [-0.05, 0) is 31.2 Å². The molecule has 8 heteroatoms. The van der Waals surface area contributed by atoms with Crippen LogP contribution in [0.3, 0.4) is 0 Å². The maximum absolute atomic E-state index is 11.2. The van der Waals surface area contributed by atoms with E-state index in [1.54, 1.807) is 19.1 Å². The Kier molecular flexibility index (Phi) is 4.59. The van der Waals surface area contributed by atoms with Crippen molar-refractivity contribution in [3.8, 4) is 0 Å². The summed E-state index contributed by atoms with van der Waals surface area (Å²) in [6.45, 7) is 1.54. The SMILES string of the molecule is Cc1nc(Sc2cc(Br)ccc2C(=O)O)ccc1[N+](=O)[O-]. The predicted molar refractivity (Wildman–Crippen MR) is 80.9 cm³/mol. The number of hydrogen-bond donors (Lipinski definition) is 1. The van der Waals surface area contributed by atoms with Gasteiger partial charge in [-0.25, -0.2) is 9.78 Å². The number of nitrogens with zero attached hydrogens (tertiary/aromatic N) is 2. The fourth-order valence-corrected chi connectivity index (χ4v) is 3.16. The zero-order chi connectivity index (χ0) is 15.6. The van der Waals surface area contributed by atoms with E-state index in [9.17, 15) is 14.9 Å². The minimum Gasteiger partial charge on any atom is -0.478 e. The number of pyridine rings is 1. The minimum absolute atomic E-state index is 0.0629. The van der Waals surface area contributed by atoms with Crippen molar-refractivity contribution >= 4 is 39.3 Å². The highest BCUT2D eigenvalue weighted by molar-refractivity contribution is 9.10. The van der Waals surface area contributed by atoms with Crippen molar-refractivity contribution in [1.29, 1.82) is 0 Å². The standard InChI is InChI=1S/C13H9BrN2O4S/c1-7-10(16(19)20)4-5-12(15-7)21-11-6-8(14)2-3-9(11)13(17)18/h2-6H,1H3,(H,17,18). The fourth-order valence-electron chi connectivity index (χ4n) is 1.65. The molecule has 0 amide bonds. The molecule has 0 radical (unpaired) electrons. The Labute approximate surface area is 132 Å². The molecule has 1 aromatic heterocycles. The topological polar surface area (TPSA) is 93.3 Å². The first-order valence-electron chi connectivity index (χ1n) is 5.71. The maximum Gasteiger partial charge on any atom is 0.336 e. The van der Waals surface area contributed by atoms with Crippen LogP contribution in [-0.4, -0.2) is 21.0 Å². The monoisotopic (exact) mass is 368 g/mol. The van der Waals surface area contributed by atoms with E-state index in [1.807, 2.05) is 0 Å². The summed E-state index contributed by atoms with van der Waals surface area (Å²) in [5.74, 6) is -1.04. The van der Waals surface area contributed by atoms with Gasteiger partial charge in [-0.1, -0.05) is 27.7 Å². The highest BCUT2D eigenvalue weighted by Crippen LogP contribution is 2.32. The van der Waals surface area contributed by atoms with Gasteiger partial charge in [0.2, 0.25) is 0 Å². The predicted octanol–water partition coefficient (Wildman–Crippen LogP) is 3.91. The highest BCUT2D eigenvalue weighted by Gasteiger charge is 2.15. The molecule has 1 heterocycles. The van der Waals surface area contributed by atoms with Crippen molar-refractivity contribution in [3.63, 3.8) is 0 Å².